The van der Waals surface area contributed by atoms with Crippen LogP contribution in [-0.2, 0) is 6.42 Å². The van der Waals surface area contributed by atoms with Gasteiger partial charge in [-0.1, -0.05) is 31.5 Å². The molecule has 5 nitrogen and oxygen atoms in total. The molecule has 0 atom stereocenters. The summed E-state index contributed by atoms with van der Waals surface area (Å²) in [4.78, 5) is 17.6. The predicted molar refractivity (Wildman–Crippen MR) is 110 cm³/mol. The average Bonchev–Trinajstić information content (AvgIpc) is 3.31. The SMILES string of the molecule is CCCCc1c([O-])n(-c2nc(-c3ccc(F)cc3)cs2)n(-c2ccccc2)c1=O.[Na+]. The number of nitrogens with zero attached hydrogens (tertiary/aromatic N) is 3. The van der Waals surface area contributed by atoms with E-state index in [0.29, 0.717) is 22.9 Å². The molecule has 4 rings (SSSR count). The summed E-state index contributed by atoms with van der Waals surface area (Å²) in [5.41, 5.74) is 1.94. The maximum absolute atomic E-state index is 13.2. The Balaban J connectivity index is 0.00000256. The summed E-state index contributed by atoms with van der Waals surface area (Å²) < 4.78 is 16.0. The van der Waals surface area contributed by atoms with Gasteiger partial charge in [-0.05, 0) is 55.1 Å². The number of para-hydroxylation sites is 1. The van der Waals surface area contributed by atoms with Crippen molar-refractivity contribution < 1.29 is 39.1 Å². The number of hydrogen-bond donors (Lipinski definition) is 0. The molecule has 0 aliphatic carbocycles. The third-order valence-electron chi connectivity index (χ3n) is 4.70. The molecule has 0 spiro atoms. The third kappa shape index (κ3) is 4.30. The van der Waals surface area contributed by atoms with Crippen LogP contribution in [0.15, 0.2) is 64.8 Å². The molecule has 30 heavy (non-hydrogen) atoms. The van der Waals surface area contributed by atoms with Crippen LogP contribution in [-0.4, -0.2) is 14.3 Å². The monoisotopic (exact) mass is 431 g/mol. The zero-order valence-electron chi connectivity index (χ0n) is 16.8. The smallest absolute Gasteiger partial charge is 0.858 e. The van der Waals surface area contributed by atoms with E-state index in [0.717, 1.165) is 18.4 Å². The van der Waals surface area contributed by atoms with Crippen LogP contribution >= 0.6 is 11.3 Å². The van der Waals surface area contributed by atoms with E-state index >= 15 is 0 Å². The van der Waals surface area contributed by atoms with Crippen molar-refractivity contribution in [1.29, 1.82) is 0 Å². The minimum atomic E-state index is -0.340. The van der Waals surface area contributed by atoms with Gasteiger partial charge in [-0.2, -0.15) is 0 Å². The minimum absolute atomic E-state index is 0. The molecule has 0 saturated heterocycles. The Kier molecular flexibility index (Phi) is 7.31. The first-order chi connectivity index (χ1) is 14.1. The van der Waals surface area contributed by atoms with Gasteiger partial charge in [-0.15, -0.1) is 11.3 Å². The van der Waals surface area contributed by atoms with Gasteiger partial charge in [-0.25, -0.2) is 18.7 Å². The van der Waals surface area contributed by atoms with Gasteiger partial charge in [0.2, 0.25) is 5.13 Å². The fourth-order valence-electron chi connectivity index (χ4n) is 3.19. The van der Waals surface area contributed by atoms with Crippen LogP contribution in [0.5, 0.6) is 5.88 Å². The third-order valence-corrected chi connectivity index (χ3v) is 5.51. The summed E-state index contributed by atoms with van der Waals surface area (Å²) in [5, 5.41) is 15.3. The largest absolute Gasteiger partial charge is 1.00 e. The molecule has 0 N–H and O–H groups in total. The summed E-state index contributed by atoms with van der Waals surface area (Å²) in [6, 6.07) is 15.1. The van der Waals surface area contributed by atoms with Crippen LogP contribution in [0.2, 0.25) is 0 Å². The van der Waals surface area contributed by atoms with E-state index in [1.165, 1.54) is 32.8 Å². The maximum atomic E-state index is 13.2. The first-order valence-electron chi connectivity index (χ1n) is 9.41. The van der Waals surface area contributed by atoms with Crippen LogP contribution in [0, 0.1) is 5.82 Å². The molecule has 2 aromatic heterocycles. The number of halogens is 1. The van der Waals surface area contributed by atoms with Gasteiger partial charge in [0, 0.05) is 16.5 Å². The van der Waals surface area contributed by atoms with Crippen LogP contribution in [0.1, 0.15) is 25.3 Å². The van der Waals surface area contributed by atoms with Crippen molar-refractivity contribution in [2.45, 2.75) is 26.2 Å². The van der Waals surface area contributed by atoms with E-state index in [1.807, 2.05) is 25.1 Å². The Morgan fingerprint density at radius 1 is 1.07 bits per heavy atom. The van der Waals surface area contributed by atoms with Gasteiger partial charge in [0.25, 0.3) is 5.56 Å². The van der Waals surface area contributed by atoms with Crippen LogP contribution in [0.3, 0.4) is 0 Å². The summed E-state index contributed by atoms with van der Waals surface area (Å²) in [5.74, 6) is -0.665. The second-order valence-electron chi connectivity index (χ2n) is 6.67. The molecule has 0 radical (unpaired) electrons. The fraction of sp³-hybridized carbons (Fsp3) is 0.182. The van der Waals surface area contributed by atoms with Crippen LogP contribution < -0.4 is 40.2 Å². The first kappa shape index (κ1) is 22.5. The molecular weight excluding hydrogens is 412 g/mol. The average molecular weight is 431 g/mol. The summed E-state index contributed by atoms with van der Waals surface area (Å²) in [7, 11) is 0. The number of thiazole rings is 1. The number of unbranched alkanes of at least 4 members (excludes halogenated alkanes) is 1. The first-order valence-corrected chi connectivity index (χ1v) is 10.3. The normalized spacial score (nSPS) is 10.7. The van der Waals surface area contributed by atoms with Gasteiger partial charge in [-0.3, -0.25) is 4.79 Å². The minimum Gasteiger partial charge on any atom is -0.858 e. The van der Waals surface area contributed by atoms with E-state index in [9.17, 15) is 14.3 Å². The second-order valence-corrected chi connectivity index (χ2v) is 7.51. The zero-order chi connectivity index (χ0) is 20.4. The molecule has 0 saturated carbocycles. The van der Waals surface area contributed by atoms with E-state index < -0.39 is 0 Å². The van der Waals surface area contributed by atoms with E-state index in [2.05, 4.69) is 4.98 Å². The van der Waals surface area contributed by atoms with Crippen molar-refractivity contribution in [3.63, 3.8) is 0 Å². The molecule has 0 unspecified atom stereocenters. The molecule has 2 heterocycles. The maximum Gasteiger partial charge on any atom is 1.00 e. The van der Waals surface area contributed by atoms with E-state index in [-0.39, 0.29) is 52.4 Å². The molecule has 0 fully saturated rings. The van der Waals surface area contributed by atoms with Crippen LogP contribution in [0.4, 0.5) is 4.39 Å². The molecule has 2 aromatic carbocycles. The van der Waals surface area contributed by atoms with Gasteiger partial charge >= 0.3 is 29.6 Å². The molecule has 4 aromatic rings. The topological polar surface area (TPSA) is 62.9 Å². The van der Waals surface area contributed by atoms with Crippen molar-refractivity contribution in [3.8, 4) is 28.0 Å². The standard InChI is InChI=1S/C22H20FN3O2S.Na/c1-2-3-9-18-20(27)25(17-7-5-4-6-8-17)26(21(18)28)22-24-19(14-29-22)15-10-12-16(23)13-11-15;/h4-8,10-14,28H,2-3,9H2,1H3;/q;+1/p-1. The Morgan fingerprint density at radius 3 is 2.43 bits per heavy atom. The Morgan fingerprint density at radius 2 is 1.77 bits per heavy atom. The number of hydrogen-bond acceptors (Lipinski definition) is 4. The fourth-order valence-corrected chi connectivity index (χ4v) is 4.01. The van der Waals surface area contributed by atoms with Crippen LogP contribution in [0.25, 0.3) is 22.1 Å². The second kappa shape index (κ2) is 9.75. The van der Waals surface area contributed by atoms with E-state index in [4.69, 9.17) is 0 Å². The van der Waals surface area contributed by atoms with Crippen molar-refractivity contribution in [2.75, 3.05) is 0 Å². The zero-order valence-corrected chi connectivity index (χ0v) is 19.7. The predicted octanol–water partition coefficient (Wildman–Crippen LogP) is 1.31. The van der Waals surface area contributed by atoms with Crippen molar-refractivity contribution in [2.24, 2.45) is 0 Å². The summed E-state index contributed by atoms with van der Waals surface area (Å²) in [6.45, 7) is 2.02. The molecule has 8 heteroatoms. The summed E-state index contributed by atoms with van der Waals surface area (Å²) >= 11 is 1.27. The quantitative estimate of drug-likeness (QED) is 0.433. The van der Waals surface area contributed by atoms with Gasteiger partial charge in [0.15, 0.2) is 0 Å². The molecular formula is C22H19FN3NaO2S. The molecule has 0 aliphatic rings. The molecule has 0 amide bonds. The Hall–Kier alpha value is -2.19. The summed E-state index contributed by atoms with van der Waals surface area (Å²) in [6.07, 6.45) is 2.09. The van der Waals surface area contributed by atoms with Gasteiger partial charge in [0.1, 0.15) is 5.82 Å². The van der Waals surface area contributed by atoms with Gasteiger partial charge in [0.05, 0.1) is 11.4 Å². The molecule has 0 aliphatic heterocycles. The van der Waals surface area contributed by atoms with Crippen molar-refractivity contribution in [3.05, 3.63) is 81.7 Å². The number of rotatable bonds is 6. The van der Waals surface area contributed by atoms with Crippen molar-refractivity contribution >= 4 is 11.3 Å². The van der Waals surface area contributed by atoms with Gasteiger partial charge < -0.3 is 5.11 Å². The Bertz CT molecular complexity index is 1180. The number of aromatic nitrogens is 3. The van der Waals surface area contributed by atoms with E-state index in [1.54, 1.807) is 29.6 Å². The number of benzene rings is 2. The Labute approximate surface area is 199 Å². The molecule has 148 valence electrons. The molecule has 0 bridgehead atoms. The van der Waals surface area contributed by atoms with Crippen molar-refractivity contribution in [1.82, 2.24) is 14.3 Å².